The average Bonchev–Trinajstić information content (AvgIpc) is 3.53. The summed E-state index contributed by atoms with van der Waals surface area (Å²) >= 11 is 1.41. The molecule has 0 radical (unpaired) electrons. The highest BCUT2D eigenvalue weighted by Crippen LogP contribution is 2.31. The highest BCUT2D eigenvalue weighted by molar-refractivity contribution is 7.99. The van der Waals surface area contributed by atoms with Crippen molar-refractivity contribution >= 4 is 23.6 Å². The minimum absolute atomic E-state index is 0.00800. The number of amides is 1. The van der Waals surface area contributed by atoms with Crippen LogP contribution in [0.15, 0.2) is 53.7 Å². The maximum atomic E-state index is 12.9. The molecule has 8 nitrogen and oxygen atoms in total. The van der Waals surface area contributed by atoms with Gasteiger partial charge in [0.25, 0.3) is 0 Å². The zero-order chi connectivity index (χ0) is 23.5. The van der Waals surface area contributed by atoms with Crippen LogP contribution in [-0.2, 0) is 4.79 Å². The van der Waals surface area contributed by atoms with Crippen molar-refractivity contribution in [3.63, 3.8) is 0 Å². The molecule has 1 fully saturated rings. The Morgan fingerprint density at radius 1 is 1.09 bits per heavy atom. The number of rotatable bonds is 7. The molecule has 0 N–H and O–H groups in total. The van der Waals surface area contributed by atoms with E-state index in [0.717, 1.165) is 54.2 Å². The molecular formula is C25H29N5O3S. The number of nitrogens with zero attached hydrogens (tertiary/aromatic N) is 5. The van der Waals surface area contributed by atoms with Gasteiger partial charge in [0.05, 0.1) is 18.0 Å². The smallest absolute Gasteiger partial charge is 0.232 e. The van der Waals surface area contributed by atoms with E-state index in [-0.39, 0.29) is 17.8 Å². The number of anilines is 1. The van der Waals surface area contributed by atoms with Crippen LogP contribution in [0.1, 0.15) is 18.4 Å². The molecule has 0 bridgehead atoms. The molecule has 5 rings (SSSR count). The van der Waals surface area contributed by atoms with Crippen molar-refractivity contribution in [1.82, 2.24) is 19.7 Å². The first kappa shape index (κ1) is 22.6. The topological polar surface area (TPSA) is 72.7 Å². The molecule has 0 aliphatic carbocycles. The number of carbonyl (C=O) groups is 1. The van der Waals surface area contributed by atoms with E-state index in [1.54, 1.807) is 11.9 Å². The van der Waals surface area contributed by atoms with Crippen molar-refractivity contribution in [2.24, 2.45) is 0 Å². The maximum absolute atomic E-state index is 12.9. The lowest BCUT2D eigenvalue weighted by Crippen LogP contribution is -2.42. The van der Waals surface area contributed by atoms with Crippen LogP contribution in [0, 0.1) is 6.92 Å². The van der Waals surface area contributed by atoms with E-state index in [1.165, 1.54) is 17.3 Å². The Labute approximate surface area is 203 Å². The molecule has 1 amide bonds. The van der Waals surface area contributed by atoms with Crippen LogP contribution >= 0.6 is 11.8 Å². The van der Waals surface area contributed by atoms with Gasteiger partial charge in [0.15, 0.2) is 22.8 Å². The molecule has 3 aromatic rings. The third-order valence-electron chi connectivity index (χ3n) is 6.09. The highest BCUT2D eigenvalue weighted by atomic mass is 32.2. The van der Waals surface area contributed by atoms with Crippen molar-refractivity contribution in [2.45, 2.75) is 31.0 Å². The molecule has 2 aromatic carbocycles. The second-order valence-electron chi connectivity index (χ2n) is 8.71. The Hall–Kier alpha value is -3.20. The molecule has 34 heavy (non-hydrogen) atoms. The predicted octanol–water partition coefficient (Wildman–Crippen LogP) is 3.57. The number of aryl methyl sites for hydroxylation is 1. The number of benzene rings is 2. The van der Waals surface area contributed by atoms with Crippen LogP contribution in [0.3, 0.4) is 0 Å². The summed E-state index contributed by atoms with van der Waals surface area (Å²) in [6.07, 6.45) is 2.11. The van der Waals surface area contributed by atoms with Crippen LogP contribution < -0.4 is 14.4 Å². The normalized spacial score (nSPS) is 17.1. The fraction of sp³-hybridized carbons (Fsp3) is 0.400. The lowest BCUT2D eigenvalue weighted by Gasteiger charge is -2.29. The predicted molar refractivity (Wildman–Crippen MR) is 132 cm³/mol. The molecule has 1 atom stereocenters. The summed E-state index contributed by atoms with van der Waals surface area (Å²) in [5.41, 5.74) is 2.20. The number of aromatic nitrogens is 3. The molecule has 1 saturated heterocycles. The van der Waals surface area contributed by atoms with Gasteiger partial charge in [-0.15, -0.1) is 10.2 Å². The van der Waals surface area contributed by atoms with E-state index < -0.39 is 0 Å². The average molecular weight is 480 g/mol. The van der Waals surface area contributed by atoms with Gasteiger partial charge in [0.1, 0.15) is 6.61 Å². The van der Waals surface area contributed by atoms with Crippen molar-refractivity contribution in [3.05, 3.63) is 54.1 Å². The first-order chi connectivity index (χ1) is 16.6. The zero-order valence-electron chi connectivity index (χ0n) is 19.5. The summed E-state index contributed by atoms with van der Waals surface area (Å²) in [5, 5.41) is 9.66. The second-order valence-corrected chi connectivity index (χ2v) is 9.65. The minimum atomic E-state index is -0.202. The monoisotopic (exact) mass is 479 g/mol. The maximum Gasteiger partial charge on any atom is 0.232 e. The molecule has 2 aliphatic heterocycles. The van der Waals surface area contributed by atoms with E-state index in [0.29, 0.717) is 13.2 Å². The Morgan fingerprint density at radius 2 is 1.82 bits per heavy atom. The van der Waals surface area contributed by atoms with Gasteiger partial charge in [0.2, 0.25) is 11.9 Å². The Morgan fingerprint density at radius 3 is 2.59 bits per heavy atom. The van der Waals surface area contributed by atoms with E-state index in [2.05, 4.69) is 50.9 Å². The summed E-state index contributed by atoms with van der Waals surface area (Å²) in [4.78, 5) is 16.9. The number of hydrogen-bond acceptors (Lipinski definition) is 7. The minimum Gasteiger partial charge on any atom is -0.486 e. The van der Waals surface area contributed by atoms with Crippen LogP contribution in [-0.4, -0.2) is 70.7 Å². The first-order valence-electron chi connectivity index (χ1n) is 11.6. The van der Waals surface area contributed by atoms with Gasteiger partial charge in [-0.3, -0.25) is 9.36 Å². The summed E-state index contributed by atoms with van der Waals surface area (Å²) in [6.45, 7) is 4.90. The van der Waals surface area contributed by atoms with Crippen molar-refractivity contribution in [2.75, 3.05) is 43.9 Å². The van der Waals surface area contributed by atoms with Crippen LogP contribution in [0.2, 0.25) is 0 Å². The second kappa shape index (κ2) is 9.97. The summed E-state index contributed by atoms with van der Waals surface area (Å²) < 4.78 is 13.8. The van der Waals surface area contributed by atoms with Gasteiger partial charge in [-0.1, -0.05) is 41.6 Å². The summed E-state index contributed by atoms with van der Waals surface area (Å²) in [5.74, 6) is 2.58. The lowest BCUT2D eigenvalue weighted by atomic mass is 10.2. The number of para-hydroxylation sites is 2. The number of likely N-dealkylation sites (N-methyl/N-ethyl adjacent to an activating group) is 1. The Bertz CT molecular complexity index is 1140. The number of thioether (sulfide) groups is 1. The summed E-state index contributed by atoms with van der Waals surface area (Å²) in [7, 11) is 1.80. The van der Waals surface area contributed by atoms with Crippen molar-refractivity contribution in [1.29, 1.82) is 0 Å². The Kier molecular flexibility index (Phi) is 6.62. The number of ether oxygens (including phenoxy) is 2. The standard InChI is InChI=1S/C25H29N5O3S/c1-18-9-11-19(12-10-18)30-24(29-13-5-6-14-29)26-27-25(30)34-17-23(31)28(2)15-20-16-32-21-7-3-4-8-22(21)33-20/h3-4,7-12,20H,5-6,13-17H2,1-2H3/t20-/m1/s1. The molecule has 0 spiro atoms. The van der Waals surface area contributed by atoms with Crippen molar-refractivity contribution in [3.8, 4) is 17.2 Å². The first-order valence-corrected chi connectivity index (χ1v) is 12.6. The molecule has 1 aromatic heterocycles. The lowest BCUT2D eigenvalue weighted by molar-refractivity contribution is -0.128. The fourth-order valence-corrected chi connectivity index (χ4v) is 5.08. The zero-order valence-corrected chi connectivity index (χ0v) is 20.3. The Balaban J connectivity index is 1.25. The highest BCUT2D eigenvalue weighted by Gasteiger charge is 2.26. The quantitative estimate of drug-likeness (QED) is 0.480. The van der Waals surface area contributed by atoms with E-state index in [4.69, 9.17) is 9.47 Å². The number of fused-ring (bicyclic) bond motifs is 1. The van der Waals surface area contributed by atoms with Gasteiger partial charge >= 0.3 is 0 Å². The molecule has 2 aliphatic rings. The van der Waals surface area contributed by atoms with E-state index >= 15 is 0 Å². The molecule has 0 unspecified atom stereocenters. The number of carbonyl (C=O) groups excluding carboxylic acids is 1. The summed E-state index contributed by atoms with van der Waals surface area (Å²) in [6, 6.07) is 15.9. The largest absolute Gasteiger partial charge is 0.486 e. The van der Waals surface area contributed by atoms with E-state index in [9.17, 15) is 4.79 Å². The van der Waals surface area contributed by atoms with Gasteiger partial charge in [-0.2, -0.15) is 0 Å². The van der Waals surface area contributed by atoms with Gasteiger partial charge < -0.3 is 19.3 Å². The third-order valence-corrected chi connectivity index (χ3v) is 7.01. The SMILES string of the molecule is Cc1ccc(-n2c(SCC(=O)N(C)C[C@@H]3COc4ccccc4O3)nnc2N2CCCC2)cc1. The van der Waals surface area contributed by atoms with Gasteiger partial charge in [-0.05, 0) is 44.0 Å². The molecule has 9 heteroatoms. The van der Waals surface area contributed by atoms with Crippen LogP contribution in [0.25, 0.3) is 5.69 Å². The molecule has 3 heterocycles. The van der Waals surface area contributed by atoms with Crippen LogP contribution in [0.5, 0.6) is 11.5 Å². The molecular weight excluding hydrogens is 450 g/mol. The van der Waals surface area contributed by atoms with Gasteiger partial charge in [-0.25, -0.2) is 0 Å². The molecule has 0 saturated carbocycles. The number of hydrogen-bond donors (Lipinski definition) is 0. The van der Waals surface area contributed by atoms with Gasteiger partial charge in [0, 0.05) is 20.1 Å². The molecule has 178 valence electrons. The van der Waals surface area contributed by atoms with Crippen LogP contribution in [0.4, 0.5) is 5.95 Å². The third kappa shape index (κ3) is 4.84. The van der Waals surface area contributed by atoms with E-state index in [1.807, 2.05) is 24.3 Å². The van der Waals surface area contributed by atoms with Crippen molar-refractivity contribution < 1.29 is 14.3 Å². The fourth-order valence-electron chi connectivity index (χ4n) is 4.19.